The van der Waals surface area contributed by atoms with Crippen molar-refractivity contribution in [1.82, 2.24) is 5.32 Å². The Bertz CT molecular complexity index is 175. The Morgan fingerprint density at radius 3 is 2.47 bits per heavy atom. The van der Waals surface area contributed by atoms with Gasteiger partial charge in [0.05, 0.1) is 6.61 Å². The van der Waals surface area contributed by atoms with E-state index in [1.807, 2.05) is 0 Å². The molecular formula is C13H27NO. The molecule has 0 heterocycles. The number of ether oxygens (including phenoxy) is 1. The van der Waals surface area contributed by atoms with Crippen molar-refractivity contribution in [3.05, 3.63) is 12.3 Å². The summed E-state index contributed by atoms with van der Waals surface area (Å²) >= 11 is 0. The van der Waals surface area contributed by atoms with Crippen LogP contribution in [0.5, 0.6) is 0 Å². The highest BCUT2D eigenvalue weighted by Crippen LogP contribution is 2.18. The first-order chi connectivity index (χ1) is 7.02. The van der Waals surface area contributed by atoms with Crippen LogP contribution in [0.3, 0.4) is 0 Å². The summed E-state index contributed by atoms with van der Waals surface area (Å²) < 4.78 is 5.41. The van der Waals surface area contributed by atoms with Gasteiger partial charge in [-0.2, -0.15) is 0 Å². The monoisotopic (exact) mass is 213 g/mol. The molecule has 0 aliphatic heterocycles. The first kappa shape index (κ1) is 14.5. The number of nitrogens with one attached hydrogen (secondary N) is 1. The third-order valence-corrected chi connectivity index (χ3v) is 2.67. The molecule has 0 aliphatic carbocycles. The molecule has 2 heteroatoms. The van der Waals surface area contributed by atoms with Gasteiger partial charge in [-0.15, -0.1) is 0 Å². The number of hydrogen-bond acceptors (Lipinski definition) is 2. The highest BCUT2D eigenvalue weighted by atomic mass is 16.5. The van der Waals surface area contributed by atoms with Gasteiger partial charge in [-0.3, -0.25) is 0 Å². The molecule has 0 aliphatic rings. The average molecular weight is 213 g/mol. The van der Waals surface area contributed by atoms with Gasteiger partial charge in [0.25, 0.3) is 0 Å². The molecule has 1 N–H and O–H groups in total. The highest BCUT2D eigenvalue weighted by molar-refractivity contribution is 4.92. The molecule has 0 spiro atoms. The fourth-order valence-electron chi connectivity index (χ4n) is 1.02. The lowest BCUT2D eigenvalue weighted by Gasteiger charge is -2.24. The average Bonchev–Trinajstić information content (AvgIpc) is 2.22. The topological polar surface area (TPSA) is 21.3 Å². The normalized spacial score (nSPS) is 11.5. The summed E-state index contributed by atoms with van der Waals surface area (Å²) in [4.78, 5) is 0. The third-order valence-electron chi connectivity index (χ3n) is 2.67. The van der Waals surface area contributed by atoms with E-state index in [4.69, 9.17) is 4.74 Å². The predicted octanol–water partition coefficient (Wildman–Crippen LogP) is 3.34. The van der Waals surface area contributed by atoms with Crippen LogP contribution in [-0.4, -0.2) is 19.8 Å². The Kier molecular flexibility index (Phi) is 7.49. The maximum Gasteiger partial charge on any atom is 0.0520 e. The summed E-state index contributed by atoms with van der Waals surface area (Å²) in [6.07, 6.45) is 3.18. The predicted molar refractivity (Wildman–Crippen MR) is 66.9 cm³/mol. The molecule has 0 unspecified atom stereocenters. The lowest BCUT2D eigenvalue weighted by atomic mass is 9.90. The van der Waals surface area contributed by atoms with Crippen LogP contribution in [-0.2, 0) is 4.74 Å². The zero-order chi connectivity index (χ0) is 11.7. The second-order valence-electron chi connectivity index (χ2n) is 4.84. The molecule has 0 aromatic rings. The van der Waals surface area contributed by atoms with Gasteiger partial charge in [0.1, 0.15) is 0 Å². The lowest BCUT2D eigenvalue weighted by molar-refractivity contribution is 0.136. The molecule has 0 rings (SSSR count). The zero-order valence-electron chi connectivity index (χ0n) is 10.9. The van der Waals surface area contributed by atoms with Crippen molar-refractivity contribution in [3.63, 3.8) is 0 Å². The fourth-order valence-corrected chi connectivity index (χ4v) is 1.02. The van der Waals surface area contributed by atoms with Crippen molar-refractivity contribution < 1.29 is 4.74 Å². The highest BCUT2D eigenvalue weighted by Gasteiger charge is 2.14. The van der Waals surface area contributed by atoms with Gasteiger partial charge in [-0.25, -0.2) is 0 Å². The van der Waals surface area contributed by atoms with Crippen LogP contribution in [0.2, 0.25) is 0 Å². The minimum absolute atomic E-state index is 0.354. The standard InChI is InChI=1S/C13H27NO/c1-6-9-15-10-8-12(3)14-11-13(4,5)7-2/h14H,3,6-11H2,1-2,4-5H3. The van der Waals surface area contributed by atoms with Gasteiger partial charge < -0.3 is 10.1 Å². The van der Waals surface area contributed by atoms with Crippen LogP contribution < -0.4 is 5.32 Å². The van der Waals surface area contributed by atoms with E-state index < -0.39 is 0 Å². The van der Waals surface area contributed by atoms with Crippen molar-refractivity contribution in [2.24, 2.45) is 5.41 Å². The van der Waals surface area contributed by atoms with Crippen molar-refractivity contribution in [2.75, 3.05) is 19.8 Å². The summed E-state index contributed by atoms with van der Waals surface area (Å²) in [5, 5.41) is 3.38. The summed E-state index contributed by atoms with van der Waals surface area (Å²) in [7, 11) is 0. The van der Waals surface area contributed by atoms with Crippen molar-refractivity contribution in [1.29, 1.82) is 0 Å². The van der Waals surface area contributed by atoms with Crippen LogP contribution in [0.1, 0.15) is 47.0 Å². The summed E-state index contributed by atoms with van der Waals surface area (Å²) in [5.74, 6) is 0. The van der Waals surface area contributed by atoms with Gasteiger partial charge >= 0.3 is 0 Å². The molecule has 0 amide bonds. The van der Waals surface area contributed by atoms with Gasteiger partial charge in [0.15, 0.2) is 0 Å². The van der Waals surface area contributed by atoms with Crippen LogP contribution in [0.15, 0.2) is 12.3 Å². The largest absolute Gasteiger partial charge is 0.388 e. The minimum Gasteiger partial charge on any atom is -0.388 e. The summed E-state index contributed by atoms with van der Waals surface area (Å²) in [6.45, 7) is 15.5. The Hall–Kier alpha value is -0.500. The first-order valence-corrected chi connectivity index (χ1v) is 6.01. The molecular weight excluding hydrogens is 186 g/mol. The molecule has 0 aromatic heterocycles. The second-order valence-corrected chi connectivity index (χ2v) is 4.84. The van der Waals surface area contributed by atoms with E-state index >= 15 is 0 Å². The number of rotatable bonds is 9. The molecule has 0 fully saturated rings. The van der Waals surface area contributed by atoms with Crippen molar-refractivity contribution >= 4 is 0 Å². The molecule has 2 nitrogen and oxygen atoms in total. The van der Waals surface area contributed by atoms with Gasteiger partial charge in [-0.05, 0) is 18.3 Å². The van der Waals surface area contributed by atoms with Gasteiger partial charge in [0, 0.05) is 25.3 Å². The Morgan fingerprint density at radius 1 is 1.27 bits per heavy atom. The van der Waals surface area contributed by atoms with Crippen LogP contribution in [0, 0.1) is 5.41 Å². The van der Waals surface area contributed by atoms with E-state index in [-0.39, 0.29) is 0 Å². The molecule has 0 atom stereocenters. The molecule has 0 saturated heterocycles. The van der Waals surface area contributed by atoms with Crippen LogP contribution >= 0.6 is 0 Å². The first-order valence-electron chi connectivity index (χ1n) is 6.01. The van der Waals surface area contributed by atoms with E-state index in [1.54, 1.807) is 0 Å². The summed E-state index contributed by atoms with van der Waals surface area (Å²) in [5.41, 5.74) is 1.44. The zero-order valence-corrected chi connectivity index (χ0v) is 10.9. The van der Waals surface area contributed by atoms with Gasteiger partial charge in [-0.1, -0.05) is 34.3 Å². The third kappa shape index (κ3) is 8.49. The molecule has 90 valence electrons. The van der Waals surface area contributed by atoms with Gasteiger partial charge in [0.2, 0.25) is 0 Å². The van der Waals surface area contributed by atoms with E-state index in [0.29, 0.717) is 5.41 Å². The van der Waals surface area contributed by atoms with Crippen LogP contribution in [0.25, 0.3) is 0 Å². The Labute approximate surface area is 95.1 Å². The van der Waals surface area contributed by atoms with Crippen LogP contribution in [0.4, 0.5) is 0 Å². The second kappa shape index (κ2) is 7.75. The summed E-state index contributed by atoms with van der Waals surface area (Å²) in [6, 6.07) is 0. The van der Waals surface area contributed by atoms with Crippen molar-refractivity contribution in [3.8, 4) is 0 Å². The fraction of sp³-hybridized carbons (Fsp3) is 0.846. The Balaban J connectivity index is 3.49. The number of hydrogen-bond donors (Lipinski definition) is 1. The Morgan fingerprint density at radius 2 is 1.93 bits per heavy atom. The van der Waals surface area contributed by atoms with E-state index in [9.17, 15) is 0 Å². The maximum atomic E-state index is 5.41. The molecule has 0 radical (unpaired) electrons. The quantitative estimate of drug-likeness (QED) is 0.593. The SMILES string of the molecule is C=C(CCOCCC)NCC(C)(C)CC. The maximum absolute atomic E-state index is 5.41. The smallest absolute Gasteiger partial charge is 0.0520 e. The minimum atomic E-state index is 0.354. The molecule has 15 heavy (non-hydrogen) atoms. The van der Waals surface area contributed by atoms with E-state index in [1.165, 1.54) is 6.42 Å². The van der Waals surface area contributed by atoms with E-state index in [0.717, 1.165) is 38.3 Å². The lowest BCUT2D eigenvalue weighted by Crippen LogP contribution is -2.28. The molecule has 0 aromatic carbocycles. The van der Waals surface area contributed by atoms with Crippen molar-refractivity contribution in [2.45, 2.75) is 47.0 Å². The molecule has 0 saturated carbocycles. The molecule has 0 bridgehead atoms. The van der Waals surface area contributed by atoms with E-state index in [2.05, 4.69) is 39.6 Å².